The first-order valence-electron chi connectivity index (χ1n) is 9.55. The fourth-order valence-electron chi connectivity index (χ4n) is 3.90. The van der Waals surface area contributed by atoms with Crippen molar-refractivity contribution in [3.63, 3.8) is 0 Å². The van der Waals surface area contributed by atoms with Crippen LogP contribution in [0.15, 0.2) is 18.2 Å². The third-order valence-electron chi connectivity index (χ3n) is 5.22. The number of benzene rings is 1. The average Bonchev–Trinajstić information content (AvgIpc) is 2.81. The van der Waals surface area contributed by atoms with Crippen molar-refractivity contribution in [1.29, 1.82) is 0 Å². The number of fused-ring (bicyclic) bond motifs is 1. The van der Waals surface area contributed by atoms with E-state index in [2.05, 4.69) is 37.3 Å². The molecule has 3 rings (SSSR count). The standard InChI is InChI=1S/C21H30N4O.ClH/c1-13(2)12-25-15(4)19(14(3)24-25)11-21(26)23-20-7-5-6-16-10-17(22)8-9-18(16)20;/h8-10,13,20H,5-7,11-12,22H2,1-4H3,(H,23,26);1H. The Labute approximate surface area is 168 Å². The number of anilines is 1. The number of nitrogen functional groups attached to an aromatic ring is 1. The van der Waals surface area contributed by atoms with Crippen LogP contribution >= 0.6 is 12.4 Å². The van der Waals surface area contributed by atoms with E-state index < -0.39 is 0 Å². The van der Waals surface area contributed by atoms with E-state index >= 15 is 0 Å². The number of hydrogen-bond acceptors (Lipinski definition) is 3. The Morgan fingerprint density at radius 3 is 2.81 bits per heavy atom. The molecule has 1 amide bonds. The normalized spacial score (nSPS) is 16.0. The van der Waals surface area contributed by atoms with Gasteiger partial charge < -0.3 is 11.1 Å². The zero-order valence-electron chi connectivity index (χ0n) is 16.7. The van der Waals surface area contributed by atoms with Gasteiger partial charge in [-0.3, -0.25) is 9.48 Å². The summed E-state index contributed by atoms with van der Waals surface area (Å²) in [6.45, 7) is 9.28. The molecule has 27 heavy (non-hydrogen) atoms. The van der Waals surface area contributed by atoms with Crippen molar-refractivity contribution in [3.8, 4) is 0 Å². The summed E-state index contributed by atoms with van der Waals surface area (Å²) in [4.78, 5) is 12.7. The number of carbonyl (C=O) groups is 1. The van der Waals surface area contributed by atoms with Gasteiger partial charge in [0.15, 0.2) is 0 Å². The largest absolute Gasteiger partial charge is 0.399 e. The summed E-state index contributed by atoms with van der Waals surface area (Å²) in [5.41, 5.74) is 12.3. The second kappa shape index (κ2) is 8.79. The highest BCUT2D eigenvalue weighted by atomic mass is 35.5. The van der Waals surface area contributed by atoms with E-state index in [4.69, 9.17) is 5.73 Å². The lowest BCUT2D eigenvalue weighted by atomic mass is 9.87. The summed E-state index contributed by atoms with van der Waals surface area (Å²) in [6, 6.07) is 6.11. The van der Waals surface area contributed by atoms with Gasteiger partial charge in [0.05, 0.1) is 18.2 Å². The molecule has 1 unspecified atom stereocenters. The van der Waals surface area contributed by atoms with Crippen LogP contribution in [0.1, 0.15) is 60.8 Å². The minimum atomic E-state index is 0. The van der Waals surface area contributed by atoms with Crippen molar-refractivity contribution in [1.82, 2.24) is 15.1 Å². The van der Waals surface area contributed by atoms with Gasteiger partial charge in [-0.15, -0.1) is 12.4 Å². The second-order valence-electron chi connectivity index (χ2n) is 7.87. The van der Waals surface area contributed by atoms with Crippen molar-refractivity contribution in [2.45, 2.75) is 66.0 Å². The number of nitrogens with two attached hydrogens (primary N) is 1. The minimum absolute atomic E-state index is 0. The van der Waals surface area contributed by atoms with Gasteiger partial charge in [0.2, 0.25) is 5.91 Å². The molecule has 1 heterocycles. The Morgan fingerprint density at radius 1 is 1.37 bits per heavy atom. The minimum Gasteiger partial charge on any atom is -0.399 e. The lowest BCUT2D eigenvalue weighted by Crippen LogP contribution is -2.32. The van der Waals surface area contributed by atoms with Crippen LogP contribution in [0.25, 0.3) is 0 Å². The van der Waals surface area contributed by atoms with Gasteiger partial charge >= 0.3 is 0 Å². The van der Waals surface area contributed by atoms with Crippen molar-refractivity contribution < 1.29 is 4.79 Å². The number of nitrogens with zero attached hydrogens (tertiary/aromatic N) is 2. The van der Waals surface area contributed by atoms with Crippen molar-refractivity contribution in [2.24, 2.45) is 5.92 Å². The van der Waals surface area contributed by atoms with Gasteiger partial charge in [0.1, 0.15) is 0 Å². The molecule has 0 saturated carbocycles. The predicted octanol–water partition coefficient (Wildman–Crippen LogP) is 3.90. The van der Waals surface area contributed by atoms with E-state index in [1.165, 1.54) is 11.1 Å². The molecule has 1 aromatic carbocycles. The third-order valence-corrected chi connectivity index (χ3v) is 5.22. The third kappa shape index (κ3) is 4.83. The van der Waals surface area contributed by atoms with E-state index in [0.717, 1.165) is 48.4 Å². The molecule has 0 bridgehead atoms. The van der Waals surface area contributed by atoms with Crippen molar-refractivity contribution in [2.75, 3.05) is 5.73 Å². The van der Waals surface area contributed by atoms with Gasteiger partial charge in [0.25, 0.3) is 0 Å². The first-order valence-corrected chi connectivity index (χ1v) is 9.55. The number of hydrogen-bond donors (Lipinski definition) is 2. The Hall–Kier alpha value is -2.01. The number of nitrogens with one attached hydrogen (secondary N) is 1. The van der Waals surface area contributed by atoms with E-state index in [-0.39, 0.29) is 24.4 Å². The van der Waals surface area contributed by atoms with E-state index in [9.17, 15) is 4.79 Å². The van der Waals surface area contributed by atoms with E-state index in [1.807, 2.05) is 23.7 Å². The summed E-state index contributed by atoms with van der Waals surface area (Å²) < 4.78 is 2.03. The molecule has 1 aliphatic carbocycles. The number of amides is 1. The van der Waals surface area contributed by atoms with Crippen LogP contribution in [0.2, 0.25) is 0 Å². The fraction of sp³-hybridized carbons (Fsp3) is 0.524. The summed E-state index contributed by atoms with van der Waals surface area (Å²) in [7, 11) is 0. The summed E-state index contributed by atoms with van der Waals surface area (Å²) in [5.74, 6) is 0.593. The maximum absolute atomic E-state index is 12.7. The quantitative estimate of drug-likeness (QED) is 0.760. The zero-order chi connectivity index (χ0) is 18.8. The molecular weight excluding hydrogens is 360 g/mol. The van der Waals surface area contributed by atoms with Crippen LogP contribution in [-0.2, 0) is 24.2 Å². The molecule has 0 radical (unpaired) electrons. The van der Waals surface area contributed by atoms with E-state index in [0.29, 0.717) is 12.3 Å². The molecule has 1 atom stereocenters. The molecule has 148 valence electrons. The van der Waals surface area contributed by atoms with Gasteiger partial charge in [-0.1, -0.05) is 19.9 Å². The maximum Gasteiger partial charge on any atom is 0.225 e. The molecule has 3 N–H and O–H groups in total. The monoisotopic (exact) mass is 390 g/mol. The van der Waals surface area contributed by atoms with Gasteiger partial charge in [-0.2, -0.15) is 5.10 Å². The van der Waals surface area contributed by atoms with Crippen molar-refractivity contribution in [3.05, 3.63) is 46.3 Å². The Morgan fingerprint density at radius 2 is 2.11 bits per heavy atom. The average molecular weight is 391 g/mol. The predicted molar refractivity (Wildman–Crippen MR) is 112 cm³/mol. The topological polar surface area (TPSA) is 72.9 Å². The van der Waals surface area contributed by atoms with Crippen LogP contribution in [0.3, 0.4) is 0 Å². The van der Waals surface area contributed by atoms with E-state index in [1.54, 1.807) is 0 Å². The summed E-state index contributed by atoms with van der Waals surface area (Å²) >= 11 is 0. The number of rotatable bonds is 5. The number of aromatic nitrogens is 2. The SMILES string of the molecule is Cc1nn(CC(C)C)c(C)c1CC(=O)NC1CCCc2cc(N)ccc21.Cl. The van der Waals surface area contributed by atoms with Crippen LogP contribution in [0, 0.1) is 19.8 Å². The highest BCUT2D eigenvalue weighted by molar-refractivity contribution is 5.85. The molecule has 6 heteroatoms. The molecule has 0 fully saturated rings. The van der Waals surface area contributed by atoms with Crippen LogP contribution in [0.4, 0.5) is 5.69 Å². The van der Waals surface area contributed by atoms with Crippen LogP contribution < -0.4 is 11.1 Å². The lowest BCUT2D eigenvalue weighted by molar-refractivity contribution is -0.121. The Balaban J connectivity index is 0.00000261. The van der Waals surface area contributed by atoms with Gasteiger partial charge in [-0.05, 0) is 62.3 Å². The number of halogens is 1. The summed E-state index contributed by atoms with van der Waals surface area (Å²) in [6.07, 6.45) is 3.47. The highest BCUT2D eigenvalue weighted by Gasteiger charge is 2.23. The van der Waals surface area contributed by atoms with Crippen molar-refractivity contribution >= 4 is 24.0 Å². The molecule has 1 aromatic heterocycles. The fourth-order valence-corrected chi connectivity index (χ4v) is 3.90. The molecular formula is C21H31ClN4O. The molecule has 1 aliphatic rings. The summed E-state index contributed by atoms with van der Waals surface area (Å²) in [5, 5.41) is 7.85. The molecule has 0 spiro atoms. The Kier molecular flexibility index (Phi) is 6.93. The second-order valence-corrected chi connectivity index (χ2v) is 7.87. The molecule has 0 aliphatic heterocycles. The highest BCUT2D eigenvalue weighted by Crippen LogP contribution is 2.31. The van der Waals surface area contributed by atoms with Crippen LogP contribution in [0.5, 0.6) is 0 Å². The van der Waals surface area contributed by atoms with Gasteiger partial charge in [0, 0.05) is 23.5 Å². The first-order chi connectivity index (χ1) is 12.3. The maximum atomic E-state index is 12.7. The molecule has 0 saturated heterocycles. The zero-order valence-corrected chi connectivity index (χ0v) is 17.5. The first kappa shape index (κ1) is 21.3. The lowest BCUT2D eigenvalue weighted by Gasteiger charge is -2.26. The van der Waals surface area contributed by atoms with Gasteiger partial charge in [-0.25, -0.2) is 0 Å². The number of aryl methyl sites for hydroxylation is 2. The molecule has 5 nitrogen and oxygen atoms in total. The van der Waals surface area contributed by atoms with Crippen LogP contribution in [-0.4, -0.2) is 15.7 Å². The molecule has 2 aromatic rings. The Bertz CT molecular complexity index is 813. The smallest absolute Gasteiger partial charge is 0.225 e. The number of carbonyl (C=O) groups excluding carboxylic acids is 1.